The molecule has 0 bridgehead atoms. The third kappa shape index (κ3) is 3.86. The second-order valence-electron chi connectivity index (χ2n) is 7.91. The number of nitrogens with zero attached hydrogens (tertiary/aromatic N) is 3. The second kappa shape index (κ2) is 8.43. The summed E-state index contributed by atoms with van der Waals surface area (Å²) in [6, 6.07) is 8.29. The van der Waals surface area contributed by atoms with Gasteiger partial charge in [-0.2, -0.15) is 4.31 Å². The van der Waals surface area contributed by atoms with Gasteiger partial charge in [0.1, 0.15) is 10.6 Å². The van der Waals surface area contributed by atoms with Gasteiger partial charge in [0.05, 0.1) is 6.61 Å². The lowest BCUT2D eigenvalue weighted by atomic mass is 10.1. The first-order valence-electron chi connectivity index (χ1n) is 10.3. The summed E-state index contributed by atoms with van der Waals surface area (Å²) in [6.07, 6.45) is 0. The number of carbonyl (C=O) groups excluding carboxylic acids is 1. The highest BCUT2D eigenvalue weighted by molar-refractivity contribution is 7.89. The van der Waals surface area contributed by atoms with Crippen LogP contribution in [0.15, 0.2) is 29.2 Å². The molecule has 7 nitrogen and oxygen atoms in total. The Balaban J connectivity index is 1.90. The van der Waals surface area contributed by atoms with Crippen molar-refractivity contribution in [1.82, 2.24) is 8.87 Å². The lowest BCUT2D eigenvalue weighted by Gasteiger charge is -2.40. The molecule has 0 radical (unpaired) electrons. The summed E-state index contributed by atoms with van der Waals surface area (Å²) < 4.78 is 35.4. The van der Waals surface area contributed by atoms with Gasteiger partial charge in [0.25, 0.3) is 0 Å². The number of esters is 1. The van der Waals surface area contributed by atoms with Crippen molar-refractivity contribution >= 4 is 21.7 Å². The van der Waals surface area contributed by atoms with Crippen molar-refractivity contribution in [3.8, 4) is 0 Å². The number of carbonyl (C=O) groups is 1. The fourth-order valence-electron chi connectivity index (χ4n) is 4.28. The van der Waals surface area contributed by atoms with E-state index in [0.29, 0.717) is 36.6 Å². The monoisotopic (exact) mass is 433 g/mol. The largest absolute Gasteiger partial charge is 0.461 e. The smallest absolute Gasteiger partial charge is 0.355 e. The molecular formula is C22H31N3O4S. The molecule has 1 aromatic heterocycles. The summed E-state index contributed by atoms with van der Waals surface area (Å²) in [5.41, 5.74) is 3.57. The van der Waals surface area contributed by atoms with E-state index in [9.17, 15) is 13.2 Å². The van der Waals surface area contributed by atoms with Gasteiger partial charge in [-0.05, 0) is 52.3 Å². The quantitative estimate of drug-likeness (QED) is 0.678. The van der Waals surface area contributed by atoms with Gasteiger partial charge in [0, 0.05) is 49.7 Å². The molecular weight excluding hydrogens is 402 g/mol. The Hall–Kier alpha value is -2.32. The van der Waals surface area contributed by atoms with E-state index < -0.39 is 16.0 Å². The Bertz CT molecular complexity index is 1060. The second-order valence-corrected chi connectivity index (χ2v) is 9.79. The average Bonchev–Trinajstić information content (AvgIpc) is 2.91. The SMILES string of the molecule is CCOC(=O)c1c(C)c(S(=O)(=O)N2CCN(c3cccc(C)c3)C(C)C2)c(C)n1C. The van der Waals surface area contributed by atoms with Gasteiger partial charge in [0.15, 0.2) is 0 Å². The van der Waals surface area contributed by atoms with Gasteiger partial charge in [-0.15, -0.1) is 0 Å². The minimum atomic E-state index is -3.74. The highest BCUT2D eigenvalue weighted by atomic mass is 32.2. The molecule has 1 unspecified atom stereocenters. The van der Waals surface area contributed by atoms with Crippen LogP contribution in [0.5, 0.6) is 0 Å². The number of rotatable bonds is 5. The summed E-state index contributed by atoms with van der Waals surface area (Å²) in [5.74, 6) is -0.500. The molecule has 1 aliphatic heterocycles. The van der Waals surface area contributed by atoms with E-state index in [0.717, 1.165) is 5.69 Å². The number of aryl methyl sites for hydroxylation is 1. The number of sulfonamides is 1. The van der Waals surface area contributed by atoms with Gasteiger partial charge >= 0.3 is 5.97 Å². The fourth-order valence-corrected chi connectivity index (χ4v) is 6.27. The predicted molar refractivity (Wildman–Crippen MR) is 118 cm³/mol. The van der Waals surface area contributed by atoms with E-state index in [1.807, 2.05) is 13.0 Å². The number of anilines is 1. The Labute approximate surface area is 179 Å². The molecule has 1 saturated heterocycles. The maximum atomic E-state index is 13.6. The molecule has 0 amide bonds. The molecule has 8 heteroatoms. The zero-order valence-electron chi connectivity index (χ0n) is 18.6. The molecule has 2 aromatic rings. The van der Waals surface area contributed by atoms with Gasteiger partial charge in [0.2, 0.25) is 10.0 Å². The molecule has 1 atom stereocenters. The summed E-state index contributed by atoms with van der Waals surface area (Å²) in [4.78, 5) is 14.8. The number of benzene rings is 1. The van der Waals surface area contributed by atoms with Crippen LogP contribution in [0, 0.1) is 20.8 Å². The van der Waals surface area contributed by atoms with Crippen molar-refractivity contribution < 1.29 is 17.9 Å². The molecule has 0 N–H and O–H groups in total. The van der Waals surface area contributed by atoms with Crippen molar-refractivity contribution in [1.29, 1.82) is 0 Å². The third-order valence-electron chi connectivity index (χ3n) is 5.85. The maximum Gasteiger partial charge on any atom is 0.355 e. The molecule has 2 heterocycles. The summed E-state index contributed by atoms with van der Waals surface area (Å²) >= 11 is 0. The van der Waals surface area contributed by atoms with E-state index in [-0.39, 0.29) is 17.5 Å². The predicted octanol–water partition coefficient (Wildman–Crippen LogP) is 3.03. The zero-order chi connectivity index (χ0) is 22.2. The molecule has 30 heavy (non-hydrogen) atoms. The molecule has 164 valence electrons. The van der Waals surface area contributed by atoms with Crippen LogP contribution in [0.4, 0.5) is 5.69 Å². The maximum absolute atomic E-state index is 13.6. The van der Waals surface area contributed by atoms with Gasteiger partial charge in [-0.3, -0.25) is 0 Å². The van der Waals surface area contributed by atoms with Crippen LogP contribution in [0.1, 0.15) is 41.2 Å². The number of aromatic nitrogens is 1. The zero-order valence-corrected chi connectivity index (χ0v) is 19.4. The van der Waals surface area contributed by atoms with Crippen LogP contribution >= 0.6 is 0 Å². The molecule has 1 fully saturated rings. The van der Waals surface area contributed by atoms with Crippen molar-refractivity contribution in [2.45, 2.75) is 45.6 Å². The first-order chi connectivity index (χ1) is 14.1. The lowest BCUT2D eigenvalue weighted by Crippen LogP contribution is -2.53. The summed E-state index contributed by atoms with van der Waals surface area (Å²) in [6.45, 7) is 10.9. The van der Waals surface area contributed by atoms with E-state index in [2.05, 4.69) is 30.0 Å². The molecule has 1 aromatic carbocycles. The highest BCUT2D eigenvalue weighted by Crippen LogP contribution is 2.31. The first-order valence-corrected chi connectivity index (χ1v) is 11.7. The van der Waals surface area contributed by atoms with Gasteiger partial charge in [-0.25, -0.2) is 13.2 Å². The Morgan fingerprint density at radius 2 is 1.90 bits per heavy atom. The highest BCUT2D eigenvalue weighted by Gasteiger charge is 2.37. The Morgan fingerprint density at radius 3 is 2.50 bits per heavy atom. The molecule has 0 aliphatic carbocycles. The van der Waals surface area contributed by atoms with Crippen molar-refractivity contribution in [2.75, 3.05) is 31.1 Å². The van der Waals surface area contributed by atoms with E-state index >= 15 is 0 Å². The standard InChI is InChI=1S/C22H31N3O4S/c1-7-29-22(26)20-17(4)21(18(5)23(20)6)30(27,28)24-11-12-25(16(3)14-24)19-10-8-9-15(2)13-19/h8-10,13,16H,7,11-12,14H2,1-6H3. The van der Waals surface area contributed by atoms with Crippen LogP contribution in [0.2, 0.25) is 0 Å². The van der Waals surface area contributed by atoms with Crippen molar-refractivity contribution in [3.63, 3.8) is 0 Å². The van der Waals surface area contributed by atoms with Gasteiger partial charge in [-0.1, -0.05) is 12.1 Å². The normalized spacial score (nSPS) is 17.9. The van der Waals surface area contributed by atoms with Crippen LogP contribution in [-0.4, -0.2) is 55.5 Å². The molecule has 0 saturated carbocycles. The van der Waals surface area contributed by atoms with E-state index in [4.69, 9.17) is 4.74 Å². The number of hydrogen-bond acceptors (Lipinski definition) is 5. The number of hydrogen-bond donors (Lipinski definition) is 0. The molecule has 3 rings (SSSR count). The first kappa shape index (κ1) is 22.4. The fraction of sp³-hybridized carbons (Fsp3) is 0.500. The lowest BCUT2D eigenvalue weighted by molar-refractivity contribution is 0.0514. The topological polar surface area (TPSA) is 71.8 Å². The number of ether oxygens (including phenoxy) is 1. The molecule has 1 aliphatic rings. The summed E-state index contributed by atoms with van der Waals surface area (Å²) in [5, 5.41) is 0. The molecule has 0 spiro atoms. The van der Waals surface area contributed by atoms with Crippen molar-refractivity contribution in [3.05, 3.63) is 46.8 Å². The van der Waals surface area contributed by atoms with Crippen molar-refractivity contribution in [2.24, 2.45) is 7.05 Å². The average molecular weight is 434 g/mol. The van der Waals surface area contributed by atoms with Crippen LogP contribution in [0.25, 0.3) is 0 Å². The summed E-state index contributed by atoms with van der Waals surface area (Å²) in [7, 11) is -2.04. The minimum absolute atomic E-state index is 0.0316. The number of piperazine rings is 1. The Morgan fingerprint density at radius 1 is 1.20 bits per heavy atom. The Kier molecular flexibility index (Phi) is 6.29. The van der Waals surface area contributed by atoms with Crippen LogP contribution in [0.3, 0.4) is 0 Å². The van der Waals surface area contributed by atoms with Crippen LogP contribution < -0.4 is 4.90 Å². The van der Waals surface area contributed by atoms with Gasteiger partial charge < -0.3 is 14.2 Å². The van der Waals surface area contributed by atoms with E-state index in [1.54, 1.807) is 32.4 Å². The minimum Gasteiger partial charge on any atom is -0.461 e. The third-order valence-corrected chi connectivity index (χ3v) is 7.98. The van der Waals surface area contributed by atoms with Crippen LogP contribution in [-0.2, 0) is 21.8 Å². The van der Waals surface area contributed by atoms with E-state index in [1.165, 1.54) is 9.87 Å².